The van der Waals surface area contributed by atoms with Crippen LogP contribution in [0.5, 0.6) is 11.5 Å². The van der Waals surface area contributed by atoms with Gasteiger partial charge in [-0.3, -0.25) is 9.59 Å². The predicted octanol–water partition coefficient (Wildman–Crippen LogP) is 1.53. The normalized spacial score (nSPS) is 13.8. The molecule has 1 heterocycles. The first kappa shape index (κ1) is 14.2. The van der Waals surface area contributed by atoms with E-state index < -0.39 is 5.97 Å². The highest BCUT2D eigenvalue weighted by Crippen LogP contribution is 2.32. The van der Waals surface area contributed by atoms with Crippen LogP contribution in [0.1, 0.15) is 25.3 Å². The van der Waals surface area contributed by atoms with E-state index in [4.69, 9.17) is 14.6 Å². The summed E-state index contributed by atoms with van der Waals surface area (Å²) in [5, 5.41) is 11.4. The lowest BCUT2D eigenvalue weighted by Crippen LogP contribution is -2.25. The fraction of sp³-hybridized carbons (Fsp3) is 0.429. The SMILES string of the molecule is C[C@H](CC(=O)O)CC(=O)NCc1ccc2c(c1)OCO2. The highest BCUT2D eigenvalue weighted by atomic mass is 16.7. The van der Waals surface area contributed by atoms with Gasteiger partial charge in [0.2, 0.25) is 12.7 Å². The Morgan fingerprint density at radius 3 is 2.80 bits per heavy atom. The average Bonchev–Trinajstić information content (AvgIpc) is 2.82. The van der Waals surface area contributed by atoms with Gasteiger partial charge in [-0.25, -0.2) is 0 Å². The van der Waals surface area contributed by atoms with Crippen LogP contribution in [-0.4, -0.2) is 23.8 Å². The van der Waals surface area contributed by atoms with Crippen LogP contribution in [-0.2, 0) is 16.1 Å². The minimum Gasteiger partial charge on any atom is -0.481 e. The zero-order valence-electron chi connectivity index (χ0n) is 11.2. The number of carboxylic acid groups (broad SMARTS) is 1. The van der Waals surface area contributed by atoms with Crippen molar-refractivity contribution >= 4 is 11.9 Å². The first-order valence-corrected chi connectivity index (χ1v) is 6.41. The molecule has 1 aromatic rings. The maximum atomic E-state index is 11.7. The van der Waals surface area contributed by atoms with E-state index in [1.54, 1.807) is 13.0 Å². The van der Waals surface area contributed by atoms with E-state index >= 15 is 0 Å². The molecule has 0 saturated carbocycles. The Labute approximate surface area is 116 Å². The number of aliphatic carboxylic acids is 1. The first-order chi connectivity index (χ1) is 9.54. The molecule has 6 heteroatoms. The van der Waals surface area contributed by atoms with Crippen LogP contribution >= 0.6 is 0 Å². The van der Waals surface area contributed by atoms with Gasteiger partial charge in [0.25, 0.3) is 0 Å². The van der Waals surface area contributed by atoms with Gasteiger partial charge >= 0.3 is 5.97 Å². The van der Waals surface area contributed by atoms with Crippen molar-refractivity contribution in [3.63, 3.8) is 0 Å². The summed E-state index contributed by atoms with van der Waals surface area (Å²) in [4.78, 5) is 22.2. The Hall–Kier alpha value is -2.24. The van der Waals surface area contributed by atoms with Gasteiger partial charge in [-0.05, 0) is 23.6 Å². The van der Waals surface area contributed by atoms with Crippen molar-refractivity contribution in [2.45, 2.75) is 26.3 Å². The third-order valence-corrected chi connectivity index (χ3v) is 2.98. The summed E-state index contributed by atoms with van der Waals surface area (Å²) >= 11 is 0. The molecule has 1 amide bonds. The van der Waals surface area contributed by atoms with Gasteiger partial charge in [-0.2, -0.15) is 0 Å². The fourth-order valence-electron chi connectivity index (χ4n) is 2.01. The van der Waals surface area contributed by atoms with E-state index in [9.17, 15) is 9.59 Å². The van der Waals surface area contributed by atoms with E-state index in [2.05, 4.69) is 5.32 Å². The summed E-state index contributed by atoms with van der Waals surface area (Å²) in [6.45, 7) is 2.35. The molecule has 1 aliphatic heterocycles. The van der Waals surface area contributed by atoms with Crippen LogP contribution in [0.25, 0.3) is 0 Å². The highest BCUT2D eigenvalue weighted by molar-refractivity contribution is 5.77. The van der Waals surface area contributed by atoms with E-state index in [0.29, 0.717) is 18.0 Å². The lowest BCUT2D eigenvalue weighted by Gasteiger charge is -2.09. The zero-order chi connectivity index (χ0) is 14.5. The Morgan fingerprint density at radius 1 is 1.30 bits per heavy atom. The monoisotopic (exact) mass is 279 g/mol. The molecule has 1 aliphatic rings. The standard InChI is InChI=1S/C14H17NO5/c1-9(5-14(17)18)4-13(16)15-7-10-2-3-11-12(6-10)20-8-19-11/h2-3,6,9H,4-5,7-8H2,1H3,(H,15,16)(H,17,18)/t9-/m0/s1. The van der Waals surface area contributed by atoms with Gasteiger partial charge in [0.15, 0.2) is 11.5 Å². The van der Waals surface area contributed by atoms with Crippen molar-refractivity contribution in [2.75, 3.05) is 6.79 Å². The number of amides is 1. The lowest BCUT2D eigenvalue weighted by atomic mass is 10.0. The molecule has 2 N–H and O–H groups in total. The molecule has 20 heavy (non-hydrogen) atoms. The maximum Gasteiger partial charge on any atom is 0.303 e. The number of nitrogens with one attached hydrogen (secondary N) is 1. The second-order valence-electron chi connectivity index (χ2n) is 4.87. The maximum absolute atomic E-state index is 11.7. The van der Waals surface area contributed by atoms with Crippen LogP contribution in [0.15, 0.2) is 18.2 Å². The molecule has 0 saturated heterocycles. The third-order valence-electron chi connectivity index (χ3n) is 2.98. The smallest absolute Gasteiger partial charge is 0.303 e. The van der Waals surface area contributed by atoms with Gasteiger partial charge in [0, 0.05) is 19.4 Å². The number of ether oxygens (including phenoxy) is 2. The quantitative estimate of drug-likeness (QED) is 0.825. The highest BCUT2D eigenvalue weighted by Gasteiger charge is 2.15. The largest absolute Gasteiger partial charge is 0.481 e. The van der Waals surface area contributed by atoms with Crippen LogP contribution in [0.2, 0.25) is 0 Å². The van der Waals surface area contributed by atoms with E-state index in [1.165, 1.54) is 0 Å². The van der Waals surface area contributed by atoms with Crippen LogP contribution in [0.3, 0.4) is 0 Å². The van der Waals surface area contributed by atoms with Crippen molar-refractivity contribution in [2.24, 2.45) is 5.92 Å². The summed E-state index contributed by atoms with van der Waals surface area (Å²) in [7, 11) is 0. The Kier molecular flexibility index (Phi) is 4.45. The van der Waals surface area contributed by atoms with Crippen LogP contribution in [0.4, 0.5) is 0 Å². The number of rotatable bonds is 6. The molecule has 0 fully saturated rings. The van der Waals surface area contributed by atoms with Crippen molar-refractivity contribution in [3.05, 3.63) is 23.8 Å². The molecule has 0 radical (unpaired) electrons. The van der Waals surface area contributed by atoms with Crippen molar-refractivity contribution in [3.8, 4) is 11.5 Å². The van der Waals surface area contributed by atoms with Crippen LogP contribution < -0.4 is 14.8 Å². The van der Waals surface area contributed by atoms with Gasteiger partial charge in [0.1, 0.15) is 0 Å². The molecule has 108 valence electrons. The van der Waals surface area contributed by atoms with Gasteiger partial charge in [-0.15, -0.1) is 0 Å². The second-order valence-corrected chi connectivity index (χ2v) is 4.87. The molecular weight excluding hydrogens is 262 g/mol. The van der Waals surface area contributed by atoms with Gasteiger partial charge in [-0.1, -0.05) is 13.0 Å². The minimum absolute atomic E-state index is 0.00254. The van der Waals surface area contributed by atoms with E-state index in [-0.39, 0.29) is 31.5 Å². The number of benzene rings is 1. The molecule has 0 aromatic heterocycles. The molecule has 1 aromatic carbocycles. The van der Waals surface area contributed by atoms with Gasteiger partial charge < -0.3 is 19.9 Å². The predicted molar refractivity (Wildman–Crippen MR) is 70.4 cm³/mol. The topological polar surface area (TPSA) is 84.9 Å². The Bertz CT molecular complexity index is 514. The summed E-state index contributed by atoms with van der Waals surface area (Å²) in [6, 6.07) is 5.48. The molecule has 0 unspecified atom stereocenters. The molecule has 1 atom stereocenters. The molecule has 0 spiro atoms. The lowest BCUT2D eigenvalue weighted by molar-refractivity contribution is -0.138. The van der Waals surface area contributed by atoms with E-state index in [0.717, 1.165) is 5.56 Å². The van der Waals surface area contributed by atoms with Crippen molar-refractivity contribution in [1.29, 1.82) is 0 Å². The van der Waals surface area contributed by atoms with Crippen molar-refractivity contribution in [1.82, 2.24) is 5.32 Å². The van der Waals surface area contributed by atoms with E-state index in [1.807, 2.05) is 12.1 Å². The number of hydrogen-bond acceptors (Lipinski definition) is 4. The summed E-state index contributed by atoms with van der Waals surface area (Å²) in [5.41, 5.74) is 0.911. The molecule has 0 aliphatic carbocycles. The van der Waals surface area contributed by atoms with Crippen LogP contribution in [0, 0.1) is 5.92 Å². The summed E-state index contributed by atoms with van der Waals surface area (Å²) < 4.78 is 10.5. The second kappa shape index (κ2) is 6.27. The first-order valence-electron chi connectivity index (χ1n) is 6.41. The average molecular weight is 279 g/mol. The Morgan fingerprint density at radius 2 is 2.05 bits per heavy atom. The van der Waals surface area contributed by atoms with Crippen molar-refractivity contribution < 1.29 is 24.2 Å². The fourth-order valence-corrected chi connectivity index (χ4v) is 2.01. The number of fused-ring (bicyclic) bond motifs is 1. The molecule has 0 bridgehead atoms. The summed E-state index contributed by atoms with van der Waals surface area (Å²) in [5.74, 6) is 0.160. The number of carbonyl (C=O) groups excluding carboxylic acids is 1. The summed E-state index contributed by atoms with van der Waals surface area (Å²) in [6.07, 6.45) is 0.203. The number of hydrogen-bond donors (Lipinski definition) is 2. The number of carbonyl (C=O) groups is 2. The molecule has 2 rings (SSSR count). The zero-order valence-corrected chi connectivity index (χ0v) is 11.2. The third kappa shape index (κ3) is 3.88. The Balaban J connectivity index is 1.80. The number of carboxylic acids is 1. The minimum atomic E-state index is -0.888. The van der Waals surface area contributed by atoms with Gasteiger partial charge in [0.05, 0.1) is 0 Å². The molecular formula is C14H17NO5. The molecule has 6 nitrogen and oxygen atoms in total.